The molecule has 4 aromatic rings. The average Bonchev–Trinajstić information content (AvgIpc) is 3.32. The fourth-order valence-corrected chi connectivity index (χ4v) is 5.32. The number of morpholine rings is 1. The van der Waals surface area contributed by atoms with E-state index in [0.29, 0.717) is 19.6 Å². The molecule has 0 radical (unpaired) electrons. The summed E-state index contributed by atoms with van der Waals surface area (Å²) in [6.45, 7) is 11.9. The number of hydrogen-bond acceptors (Lipinski definition) is 5. The molecule has 3 heterocycles. The second kappa shape index (κ2) is 11.8. The molecule has 0 aliphatic carbocycles. The molecule has 0 saturated carbocycles. The normalized spacial score (nSPS) is 15.3. The van der Waals surface area contributed by atoms with Crippen LogP contribution >= 0.6 is 0 Å². The van der Waals surface area contributed by atoms with Gasteiger partial charge in [0.05, 0.1) is 43.9 Å². The van der Waals surface area contributed by atoms with Crippen LogP contribution < -0.4 is 15.4 Å². The van der Waals surface area contributed by atoms with Gasteiger partial charge in [-0.2, -0.15) is 0 Å². The van der Waals surface area contributed by atoms with E-state index in [4.69, 9.17) is 4.74 Å². The van der Waals surface area contributed by atoms with Crippen molar-refractivity contribution in [3.05, 3.63) is 87.0 Å². The van der Waals surface area contributed by atoms with Crippen LogP contribution in [0.5, 0.6) is 0 Å². The van der Waals surface area contributed by atoms with Crippen molar-refractivity contribution in [2.75, 3.05) is 39.4 Å². The number of rotatable bonds is 10. The Labute approximate surface area is 217 Å². The molecule has 1 aliphatic rings. The van der Waals surface area contributed by atoms with Crippen LogP contribution in [0.2, 0.25) is 0 Å². The van der Waals surface area contributed by atoms with Crippen molar-refractivity contribution >= 4 is 10.9 Å². The molecule has 5 rings (SSSR count). The van der Waals surface area contributed by atoms with E-state index < -0.39 is 0 Å². The number of pyridine rings is 1. The lowest BCUT2D eigenvalue weighted by molar-refractivity contribution is -0.939. The van der Waals surface area contributed by atoms with Gasteiger partial charge >= 0.3 is 0 Å². The Balaban J connectivity index is 1.36. The lowest BCUT2D eigenvalue weighted by Crippen LogP contribution is -3.15. The molecular formula is C28H37N7O2+2. The third-order valence-electron chi connectivity index (χ3n) is 7.26. The topological polar surface area (TPSA) is 94.6 Å². The van der Waals surface area contributed by atoms with Gasteiger partial charge in [-0.3, -0.25) is 4.79 Å². The minimum atomic E-state index is -0.0142. The number of tetrazole rings is 1. The highest BCUT2D eigenvalue weighted by atomic mass is 16.5. The van der Waals surface area contributed by atoms with Gasteiger partial charge in [0.2, 0.25) is 5.82 Å². The Kier molecular flexibility index (Phi) is 8.03. The maximum Gasteiger partial charge on any atom is 0.257 e. The lowest BCUT2D eigenvalue weighted by Gasteiger charge is -2.25. The first-order chi connectivity index (χ1) is 18.0. The molecule has 37 heavy (non-hydrogen) atoms. The summed E-state index contributed by atoms with van der Waals surface area (Å²) in [5.41, 5.74) is 5.15. The van der Waals surface area contributed by atoms with E-state index in [-0.39, 0.29) is 5.56 Å². The molecule has 1 unspecified atom stereocenters. The third kappa shape index (κ3) is 6.49. The molecular weight excluding hydrogens is 466 g/mol. The minimum Gasteiger partial charge on any atom is -0.370 e. The first-order valence-electron chi connectivity index (χ1n) is 13.2. The number of nitrogens with one attached hydrogen (secondary N) is 3. The zero-order valence-electron chi connectivity index (χ0n) is 21.8. The van der Waals surface area contributed by atoms with Gasteiger partial charge in [-0.15, -0.1) is 5.10 Å². The van der Waals surface area contributed by atoms with Crippen LogP contribution in [0.15, 0.2) is 53.3 Å². The Morgan fingerprint density at radius 3 is 2.70 bits per heavy atom. The van der Waals surface area contributed by atoms with Gasteiger partial charge in [-0.05, 0) is 52.9 Å². The number of aromatic nitrogens is 5. The maximum atomic E-state index is 13.1. The van der Waals surface area contributed by atoms with E-state index in [1.165, 1.54) is 10.5 Å². The lowest BCUT2D eigenvalue weighted by atomic mass is 10.1. The number of fused-ring (bicyclic) bond motifs is 1. The third-order valence-corrected chi connectivity index (χ3v) is 7.26. The van der Waals surface area contributed by atoms with Crippen molar-refractivity contribution in [2.24, 2.45) is 0 Å². The van der Waals surface area contributed by atoms with Crippen molar-refractivity contribution in [3.63, 3.8) is 0 Å². The maximum absolute atomic E-state index is 13.1. The van der Waals surface area contributed by atoms with E-state index in [1.807, 2.05) is 29.8 Å². The molecule has 2 aromatic carbocycles. The summed E-state index contributed by atoms with van der Waals surface area (Å²) in [7, 11) is 0. The first kappa shape index (κ1) is 25.3. The van der Waals surface area contributed by atoms with E-state index in [9.17, 15) is 4.79 Å². The van der Waals surface area contributed by atoms with Crippen molar-refractivity contribution in [2.45, 2.75) is 39.9 Å². The molecule has 0 amide bonds. The average molecular weight is 504 g/mol. The Bertz CT molecular complexity index is 1380. The molecule has 0 spiro atoms. The van der Waals surface area contributed by atoms with Gasteiger partial charge in [0.25, 0.3) is 5.56 Å². The zero-order valence-corrected chi connectivity index (χ0v) is 21.8. The summed E-state index contributed by atoms with van der Waals surface area (Å²) in [5, 5.41) is 13.7. The van der Waals surface area contributed by atoms with Crippen LogP contribution in [0.1, 0.15) is 34.5 Å². The van der Waals surface area contributed by atoms with Crippen molar-refractivity contribution in [1.82, 2.24) is 25.2 Å². The van der Waals surface area contributed by atoms with Crippen molar-refractivity contribution in [1.29, 1.82) is 0 Å². The summed E-state index contributed by atoms with van der Waals surface area (Å²) in [5.74, 6) is 0.835. The Morgan fingerprint density at radius 2 is 1.89 bits per heavy atom. The molecule has 2 aromatic heterocycles. The van der Waals surface area contributed by atoms with Gasteiger partial charge in [-0.25, -0.2) is 4.68 Å². The Morgan fingerprint density at radius 1 is 1.08 bits per heavy atom. The van der Waals surface area contributed by atoms with Gasteiger partial charge in [0, 0.05) is 6.42 Å². The highest BCUT2D eigenvalue weighted by Gasteiger charge is 2.20. The van der Waals surface area contributed by atoms with Crippen LogP contribution in [-0.2, 0) is 24.4 Å². The van der Waals surface area contributed by atoms with Crippen LogP contribution in [-0.4, -0.2) is 64.6 Å². The molecule has 1 fully saturated rings. The quantitative estimate of drug-likeness (QED) is 0.285. The smallest absolute Gasteiger partial charge is 0.257 e. The van der Waals surface area contributed by atoms with Gasteiger partial charge in [0.15, 0.2) is 0 Å². The fraction of sp³-hybridized carbons (Fsp3) is 0.429. The number of ether oxygens (including phenoxy) is 1. The highest BCUT2D eigenvalue weighted by molar-refractivity contribution is 5.82. The molecule has 9 heteroatoms. The molecule has 3 N–H and O–H groups in total. The van der Waals surface area contributed by atoms with E-state index in [1.54, 1.807) is 4.90 Å². The molecule has 1 atom stereocenters. The monoisotopic (exact) mass is 503 g/mol. The number of H-pyrrole nitrogens is 1. The number of hydrogen-bond donors (Lipinski definition) is 3. The van der Waals surface area contributed by atoms with E-state index in [2.05, 4.69) is 57.8 Å². The molecule has 1 aliphatic heterocycles. The number of quaternary nitrogens is 2. The number of aromatic amines is 1. The Hall–Kier alpha value is -3.40. The zero-order chi connectivity index (χ0) is 25.6. The summed E-state index contributed by atoms with van der Waals surface area (Å²) in [4.78, 5) is 19.1. The van der Waals surface area contributed by atoms with Crippen LogP contribution in [0.4, 0.5) is 0 Å². The summed E-state index contributed by atoms with van der Waals surface area (Å²) < 4.78 is 7.39. The number of benzene rings is 2. The summed E-state index contributed by atoms with van der Waals surface area (Å²) >= 11 is 0. The molecule has 194 valence electrons. The summed E-state index contributed by atoms with van der Waals surface area (Å²) in [6, 6.07) is 16.5. The number of nitrogens with zero attached hydrogens (tertiary/aromatic N) is 4. The second-order valence-electron chi connectivity index (χ2n) is 10.2. The van der Waals surface area contributed by atoms with E-state index in [0.717, 1.165) is 79.2 Å². The predicted octanol–water partition coefficient (Wildman–Crippen LogP) is 0.0700. The fourth-order valence-electron chi connectivity index (χ4n) is 5.32. The van der Waals surface area contributed by atoms with Gasteiger partial charge in [0.1, 0.15) is 26.2 Å². The van der Waals surface area contributed by atoms with Crippen LogP contribution in [0.25, 0.3) is 10.9 Å². The second-order valence-corrected chi connectivity index (χ2v) is 10.2. The highest BCUT2D eigenvalue weighted by Crippen LogP contribution is 2.17. The standard InChI is InChI=1S/C28H35N7O2/c1-21-15-22(2)27-24(16-21)17-25(28(36)29-27)19-34(10-6-9-33-11-13-37-14-12-33)20-26-30-31-32-35(26)18-23-7-4-3-5-8-23/h3-5,7-8,15-17H,6,9-14,18-20H2,1-2H3,(H,29,36)/p+2. The van der Waals surface area contributed by atoms with Crippen LogP contribution in [0, 0.1) is 13.8 Å². The molecule has 1 saturated heterocycles. The van der Waals surface area contributed by atoms with Crippen LogP contribution in [0.3, 0.4) is 0 Å². The SMILES string of the molecule is Cc1cc(C)c2[nH]c(=O)c(C[NH+](CCC[NH+]3CCOCC3)Cc3nnnn3Cc3ccccc3)cc2c1. The van der Waals surface area contributed by atoms with Gasteiger partial charge in [-0.1, -0.05) is 42.0 Å². The minimum absolute atomic E-state index is 0.0142. The van der Waals surface area contributed by atoms with E-state index >= 15 is 0 Å². The first-order valence-corrected chi connectivity index (χ1v) is 13.2. The summed E-state index contributed by atoms with van der Waals surface area (Å²) in [6.07, 6.45) is 1.06. The van der Waals surface area contributed by atoms with Crippen molar-refractivity contribution in [3.8, 4) is 0 Å². The molecule has 0 bridgehead atoms. The van der Waals surface area contributed by atoms with Crippen molar-refractivity contribution < 1.29 is 14.5 Å². The van der Waals surface area contributed by atoms with Gasteiger partial charge < -0.3 is 19.5 Å². The number of aryl methyl sites for hydroxylation is 2. The largest absolute Gasteiger partial charge is 0.370 e. The molecule has 9 nitrogen and oxygen atoms in total. The predicted molar refractivity (Wildman–Crippen MR) is 142 cm³/mol.